The van der Waals surface area contributed by atoms with Gasteiger partial charge < -0.3 is 10.3 Å². The van der Waals surface area contributed by atoms with Crippen LogP contribution in [0.15, 0.2) is 84.4 Å². The number of nitrogens with zero attached hydrogens (tertiary/aromatic N) is 6. The van der Waals surface area contributed by atoms with Gasteiger partial charge in [-0.15, -0.1) is 0 Å². The summed E-state index contributed by atoms with van der Waals surface area (Å²) in [6.45, 7) is 3.84. The number of hydrogen-bond acceptors (Lipinski definition) is 7. The largest absolute Gasteiger partial charge is 0.360 e. The van der Waals surface area contributed by atoms with Crippen LogP contribution in [-0.2, 0) is 0 Å². The second kappa shape index (κ2) is 8.70. The Balaban J connectivity index is 1.57. The van der Waals surface area contributed by atoms with E-state index in [4.69, 9.17) is 0 Å². The lowest BCUT2D eigenvalue weighted by molar-refractivity contribution is 0.774. The van der Waals surface area contributed by atoms with Crippen molar-refractivity contribution in [3.05, 3.63) is 102 Å². The van der Waals surface area contributed by atoms with E-state index in [1.165, 1.54) is 6.33 Å². The SMILES string of the molecule is Cc1ncc(-c2cccc3cc([C@H](C)Nc4ncnc5[nH]cnc45)n(-c4ccccc4)c(=O)c23)cn1. The molecule has 6 rings (SSSR count). The molecular weight excluding hydrogens is 452 g/mol. The fourth-order valence-electron chi connectivity index (χ4n) is 4.47. The maximum atomic E-state index is 14.2. The number of nitrogens with one attached hydrogen (secondary N) is 2. The van der Waals surface area contributed by atoms with Crippen molar-refractivity contribution in [3.8, 4) is 16.8 Å². The lowest BCUT2D eigenvalue weighted by Gasteiger charge is -2.22. The van der Waals surface area contributed by atoms with E-state index in [0.717, 1.165) is 27.9 Å². The number of rotatable bonds is 5. The minimum atomic E-state index is -0.275. The fourth-order valence-corrected chi connectivity index (χ4v) is 4.47. The quantitative estimate of drug-likeness (QED) is 0.375. The van der Waals surface area contributed by atoms with E-state index < -0.39 is 0 Å². The number of para-hydroxylation sites is 1. The molecule has 9 nitrogen and oxygen atoms in total. The van der Waals surface area contributed by atoms with Gasteiger partial charge in [0, 0.05) is 29.3 Å². The maximum absolute atomic E-state index is 14.2. The zero-order valence-electron chi connectivity index (χ0n) is 19.7. The van der Waals surface area contributed by atoms with E-state index in [1.54, 1.807) is 23.3 Å². The number of benzene rings is 2. The van der Waals surface area contributed by atoms with Gasteiger partial charge in [0.25, 0.3) is 5.56 Å². The molecule has 6 aromatic rings. The van der Waals surface area contributed by atoms with Crippen molar-refractivity contribution >= 4 is 27.8 Å². The predicted octanol–water partition coefficient (Wildman–Crippen LogP) is 4.60. The van der Waals surface area contributed by atoms with Crippen LogP contribution in [0.4, 0.5) is 5.82 Å². The molecule has 176 valence electrons. The molecule has 0 fully saturated rings. The molecular formula is C27H22N8O. The normalized spacial score (nSPS) is 12.2. The Hall–Kier alpha value is -4.92. The van der Waals surface area contributed by atoms with Gasteiger partial charge in [0.15, 0.2) is 11.5 Å². The molecule has 0 spiro atoms. The van der Waals surface area contributed by atoms with Crippen LogP contribution in [0.3, 0.4) is 0 Å². The third kappa shape index (κ3) is 3.67. The number of fused-ring (bicyclic) bond motifs is 2. The minimum absolute atomic E-state index is 0.119. The lowest BCUT2D eigenvalue weighted by atomic mass is 9.99. The fraction of sp³-hybridized carbons (Fsp3) is 0.111. The zero-order chi connectivity index (χ0) is 24.6. The summed E-state index contributed by atoms with van der Waals surface area (Å²) in [6.07, 6.45) is 6.58. The molecule has 0 unspecified atom stereocenters. The van der Waals surface area contributed by atoms with Gasteiger partial charge >= 0.3 is 0 Å². The van der Waals surface area contributed by atoms with Crippen LogP contribution in [-0.4, -0.2) is 34.5 Å². The second-order valence-electron chi connectivity index (χ2n) is 8.52. The van der Waals surface area contributed by atoms with Gasteiger partial charge in [-0.05, 0) is 43.0 Å². The summed E-state index contributed by atoms with van der Waals surface area (Å²) in [4.78, 5) is 38.8. The van der Waals surface area contributed by atoms with Crippen molar-refractivity contribution in [2.45, 2.75) is 19.9 Å². The van der Waals surface area contributed by atoms with Crippen LogP contribution in [0.1, 0.15) is 24.5 Å². The third-order valence-corrected chi connectivity index (χ3v) is 6.20. The molecule has 0 aliphatic carbocycles. The summed E-state index contributed by atoms with van der Waals surface area (Å²) < 4.78 is 1.75. The summed E-state index contributed by atoms with van der Waals surface area (Å²) in [6, 6.07) is 17.2. The van der Waals surface area contributed by atoms with Crippen LogP contribution in [0.5, 0.6) is 0 Å². The van der Waals surface area contributed by atoms with Crippen LogP contribution in [0, 0.1) is 6.92 Å². The van der Waals surface area contributed by atoms with Gasteiger partial charge in [-0.2, -0.15) is 0 Å². The smallest absolute Gasteiger partial charge is 0.263 e. The van der Waals surface area contributed by atoms with Crippen molar-refractivity contribution < 1.29 is 0 Å². The van der Waals surface area contributed by atoms with E-state index in [9.17, 15) is 4.79 Å². The maximum Gasteiger partial charge on any atom is 0.263 e. The topological polar surface area (TPSA) is 114 Å². The van der Waals surface area contributed by atoms with Crippen molar-refractivity contribution in [2.75, 3.05) is 5.32 Å². The highest BCUT2D eigenvalue weighted by Crippen LogP contribution is 2.30. The number of pyridine rings is 1. The molecule has 36 heavy (non-hydrogen) atoms. The van der Waals surface area contributed by atoms with Gasteiger partial charge in [-0.1, -0.05) is 36.4 Å². The lowest BCUT2D eigenvalue weighted by Crippen LogP contribution is -2.26. The number of aromatic amines is 1. The standard InChI is InChI=1S/C27H22N8O/c1-16(34-26-24-25(31-14-30-24)32-15-33-26)22-11-18-7-6-10-21(19-12-28-17(2)29-13-19)23(18)27(36)35(22)20-8-4-3-5-9-20/h3-16H,1-2H3,(H2,30,31,32,33,34)/t16-/m0/s1. The van der Waals surface area contributed by atoms with E-state index in [2.05, 4.69) is 35.2 Å². The molecule has 4 heterocycles. The van der Waals surface area contributed by atoms with Crippen molar-refractivity contribution in [1.29, 1.82) is 0 Å². The highest BCUT2D eigenvalue weighted by atomic mass is 16.1. The molecule has 0 aliphatic heterocycles. The number of aryl methyl sites for hydroxylation is 1. The molecule has 0 aliphatic rings. The first kappa shape index (κ1) is 21.6. The molecule has 4 aromatic heterocycles. The zero-order valence-corrected chi connectivity index (χ0v) is 19.7. The van der Waals surface area contributed by atoms with Crippen LogP contribution >= 0.6 is 0 Å². The summed E-state index contributed by atoms with van der Waals surface area (Å²) in [5, 5.41) is 4.88. The van der Waals surface area contributed by atoms with Crippen molar-refractivity contribution in [3.63, 3.8) is 0 Å². The van der Waals surface area contributed by atoms with E-state index in [0.29, 0.717) is 28.2 Å². The molecule has 2 N–H and O–H groups in total. The summed E-state index contributed by atoms with van der Waals surface area (Å²) >= 11 is 0. The summed E-state index contributed by atoms with van der Waals surface area (Å²) in [5.74, 6) is 1.27. The molecule has 0 saturated carbocycles. The number of imidazole rings is 1. The average Bonchev–Trinajstić information content (AvgIpc) is 3.39. The monoisotopic (exact) mass is 474 g/mol. The first-order valence-electron chi connectivity index (χ1n) is 11.5. The Labute approximate surface area is 206 Å². The Bertz CT molecular complexity index is 1760. The average molecular weight is 475 g/mol. The first-order valence-corrected chi connectivity index (χ1v) is 11.5. The number of anilines is 1. The Kier molecular flexibility index (Phi) is 5.22. The van der Waals surface area contributed by atoms with Gasteiger partial charge in [0.05, 0.1) is 17.8 Å². The predicted molar refractivity (Wildman–Crippen MR) is 139 cm³/mol. The van der Waals surface area contributed by atoms with Crippen LogP contribution < -0.4 is 10.9 Å². The van der Waals surface area contributed by atoms with Crippen molar-refractivity contribution in [1.82, 2.24) is 34.5 Å². The second-order valence-corrected chi connectivity index (χ2v) is 8.52. The van der Waals surface area contributed by atoms with E-state index in [-0.39, 0.29) is 11.6 Å². The summed E-state index contributed by atoms with van der Waals surface area (Å²) in [7, 11) is 0. The third-order valence-electron chi connectivity index (χ3n) is 6.20. The molecule has 0 saturated heterocycles. The number of aromatic nitrogens is 7. The molecule has 1 atom stereocenters. The van der Waals surface area contributed by atoms with Crippen molar-refractivity contribution in [2.24, 2.45) is 0 Å². The Morgan fingerprint density at radius 2 is 1.75 bits per heavy atom. The number of H-pyrrole nitrogens is 1. The summed E-state index contributed by atoms with van der Waals surface area (Å²) in [5.41, 5.74) is 4.32. The van der Waals surface area contributed by atoms with Gasteiger partial charge in [-0.3, -0.25) is 9.36 Å². The van der Waals surface area contributed by atoms with Crippen LogP contribution in [0.25, 0.3) is 38.8 Å². The molecule has 0 radical (unpaired) electrons. The van der Waals surface area contributed by atoms with Gasteiger partial charge in [0.1, 0.15) is 17.7 Å². The first-order chi connectivity index (χ1) is 17.6. The highest BCUT2D eigenvalue weighted by molar-refractivity contribution is 5.96. The van der Waals surface area contributed by atoms with E-state index in [1.807, 2.05) is 68.4 Å². The van der Waals surface area contributed by atoms with Gasteiger partial charge in [0.2, 0.25) is 0 Å². The van der Waals surface area contributed by atoms with E-state index >= 15 is 0 Å². The minimum Gasteiger partial charge on any atom is -0.360 e. The highest BCUT2D eigenvalue weighted by Gasteiger charge is 2.20. The Morgan fingerprint density at radius 3 is 2.56 bits per heavy atom. The number of hydrogen-bond donors (Lipinski definition) is 2. The molecule has 0 bridgehead atoms. The molecule has 9 heteroatoms. The Morgan fingerprint density at radius 1 is 0.944 bits per heavy atom. The van der Waals surface area contributed by atoms with Gasteiger partial charge in [-0.25, -0.2) is 24.9 Å². The molecule has 0 amide bonds. The molecule has 2 aromatic carbocycles. The van der Waals surface area contributed by atoms with Crippen LogP contribution in [0.2, 0.25) is 0 Å².